The summed E-state index contributed by atoms with van der Waals surface area (Å²) in [5, 5.41) is 31.2. The van der Waals surface area contributed by atoms with Crippen LogP contribution in [0.25, 0.3) is 0 Å². The second kappa shape index (κ2) is 6.08. The van der Waals surface area contributed by atoms with Gasteiger partial charge in [0, 0.05) is 12.1 Å². The summed E-state index contributed by atoms with van der Waals surface area (Å²) in [4.78, 5) is 11.3. The van der Waals surface area contributed by atoms with Gasteiger partial charge in [-0.3, -0.25) is 10.1 Å². The van der Waals surface area contributed by atoms with Crippen molar-refractivity contribution < 1.29 is 20.1 Å². The van der Waals surface area contributed by atoms with E-state index in [1.807, 2.05) is 6.07 Å². The Morgan fingerprint density at radius 1 is 1.05 bits per heavy atom. The maximum Gasteiger partial charge on any atom is 0.325 e. The van der Waals surface area contributed by atoms with Crippen molar-refractivity contribution >= 4 is 5.97 Å². The van der Waals surface area contributed by atoms with Crippen LogP contribution in [0.2, 0.25) is 0 Å². The fourth-order valence-electron chi connectivity index (χ4n) is 1.93. The quantitative estimate of drug-likeness (QED) is 0.626. The van der Waals surface area contributed by atoms with Gasteiger partial charge in [-0.25, -0.2) is 0 Å². The predicted molar refractivity (Wildman–Crippen MR) is 73.4 cm³/mol. The minimum absolute atomic E-state index is 0.131. The lowest BCUT2D eigenvalue weighted by atomic mass is 10.1. The van der Waals surface area contributed by atoms with Gasteiger partial charge in [0.1, 0.15) is 6.04 Å². The van der Waals surface area contributed by atoms with Crippen molar-refractivity contribution in [3.05, 3.63) is 59.7 Å². The van der Waals surface area contributed by atoms with E-state index in [9.17, 15) is 20.1 Å². The third kappa shape index (κ3) is 3.07. The Labute approximate surface area is 116 Å². The van der Waals surface area contributed by atoms with Crippen LogP contribution in [0.4, 0.5) is 0 Å². The number of phenols is 2. The molecule has 1 unspecified atom stereocenters. The SMILES string of the molecule is O=C(O)C(NCc1cccc(O)c1O)c1ccccc1. The average molecular weight is 273 g/mol. The van der Waals surface area contributed by atoms with Crippen LogP contribution in [0.1, 0.15) is 17.2 Å². The fourth-order valence-corrected chi connectivity index (χ4v) is 1.93. The summed E-state index contributed by atoms with van der Waals surface area (Å²) in [5.41, 5.74) is 1.06. The number of para-hydroxylation sites is 1. The molecule has 5 heteroatoms. The molecule has 0 aliphatic rings. The molecule has 2 rings (SSSR count). The lowest BCUT2D eigenvalue weighted by Crippen LogP contribution is -2.28. The normalized spacial score (nSPS) is 12.0. The van der Waals surface area contributed by atoms with Crippen LogP contribution in [0, 0.1) is 0 Å². The highest BCUT2D eigenvalue weighted by Gasteiger charge is 2.19. The summed E-state index contributed by atoms with van der Waals surface area (Å²) in [6.45, 7) is 0.131. The first-order chi connectivity index (χ1) is 9.59. The maximum absolute atomic E-state index is 11.3. The van der Waals surface area contributed by atoms with Crippen molar-refractivity contribution in [1.82, 2.24) is 5.32 Å². The van der Waals surface area contributed by atoms with Gasteiger partial charge in [-0.1, -0.05) is 42.5 Å². The monoisotopic (exact) mass is 273 g/mol. The number of phenolic OH excluding ortho intramolecular Hbond substituents is 2. The van der Waals surface area contributed by atoms with Crippen molar-refractivity contribution in [3.63, 3.8) is 0 Å². The molecule has 2 aromatic rings. The number of rotatable bonds is 5. The van der Waals surface area contributed by atoms with Crippen LogP contribution in [-0.2, 0) is 11.3 Å². The molecule has 0 spiro atoms. The summed E-state index contributed by atoms with van der Waals surface area (Å²) in [6, 6.07) is 12.5. The number of carboxylic acid groups (broad SMARTS) is 1. The molecule has 104 valence electrons. The number of nitrogens with one attached hydrogen (secondary N) is 1. The van der Waals surface area contributed by atoms with Crippen LogP contribution in [0.3, 0.4) is 0 Å². The number of carbonyl (C=O) groups is 1. The standard InChI is InChI=1S/C15H15NO4/c17-12-8-4-7-11(14(12)18)9-16-13(15(19)20)10-5-2-1-3-6-10/h1-8,13,16-18H,9H2,(H,19,20). The summed E-state index contributed by atoms with van der Waals surface area (Å²) in [7, 11) is 0. The minimum Gasteiger partial charge on any atom is -0.504 e. The van der Waals surface area contributed by atoms with E-state index >= 15 is 0 Å². The Hall–Kier alpha value is -2.53. The van der Waals surface area contributed by atoms with Gasteiger partial charge in [0.15, 0.2) is 11.5 Å². The highest BCUT2D eigenvalue weighted by Crippen LogP contribution is 2.28. The van der Waals surface area contributed by atoms with Gasteiger partial charge in [-0.05, 0) is 11.6 Å². The van der Waals surface area contributed by atoms with Gasteiger partial charge >= 0.3 is 5.97 Å². The van der Waals surface area contributed by atoms with E-state index < -0.39 is 12.0 Å². The molecular weight excluding hydrogens is 258 g/mol. The Balaban J connectivity index is 2.14. The van der Waals surface area contributed by atoms with E-state index in [-0.39, 0.29) is 18.0 Å². The van der Waals surface area contributed by atoms with E-state index in [0.29, 0.717) is 11.1 Å². The molecule has 0 aromatic heterocycles. The first kappa shape index (κ1) is 13.9. The van der Waals surface area contributed by atoms with E-state index in [2.05, 4.69) is 5.32 Å². The minimum atomic E-state index is -1.00. The molecule has 1 atom stereocenters. The van der Waals surface area contributed by atoms with Gasteiger partial charge in [-0.2, -0.15) is 0 Å². The van der Waals surface area contributed by atoms with E-state index in [0.717, 1.165) is 0 Å². The van der Waals surface area contributed by atoms with Gasteiger partial charge in [0.2, 0.25) is 0 Å². The Morgan fingerprint density at radius 2 is 1.75 bits per heavy atom. The second-order valence-corrected chi connectivity index (χ2v) is 4.35. The maximum atomic E-state index is 11.3. The summed E-state index contributed by atoms with van der Waals surface area (Å²) >= 11 is 0. The Kier molecular flexibility index (Phi) is 4.22. The van der Waals surface area contributed by atoms with Crippen LogP contribution < -0.4 is 5.32 Å². The number of aliphatic carboxylic acids is 1. The first-order valence-electron chi connectivity index (χ1n) is 6.10. The Morgan fingerprint density at radius 3 is 2.40 bits per heavy atom. The van der Waals surface area contributed by atoms with Gasteiger partial charge in [0.25, 0.3) is 0 Å². The topological polar surface area (TPSA) is 89.8 Å². The molecule has 5 nitrogen and oxygen atoms in total. The zero-order valence-corrected chi connectivity index (χ0v) is 10.7. The molecule has 2 aromatic carbocycles. The van der Waals surface area contributed by atoms with Crippen molar-refractivity contribution in [2.45, 2.75) is 12.6 Å². The molecule has 0 heterocycles. The lowest BCUT2D eigenvalue weighted by molar-refractivity contribution is -0.139. The molecule has 0 bridgehead atoms. The Bertz CT molecular complexity index is 598. The van der Waals surface area contributed by atoms with Crippen molar-refractivity contribution in [2.24, 2.45) is 0 Å². The third-order valence-corrected chi connectivity index (χ3v) is 2.97. The largest absolute Gasteiger partial charge is 0.504 e. The highest BCUT2D eigenvalue weighted by atomic mass is 16.4. The second-order valence-electron chi connectivity index (χ2n) is 4.35. The van der Waals surface area contributed by atoms with Crippen LogP contribution in [0.15, 0.2) is 48.5 Å². The zero-order valence-electron chi connectivity index (χ0n) is 10.7. The zero-order chi connectivity index (χ0) is 14.5. The van der Waals surface area contributed by atoms with E-state index in [4.69, 9.17) is 0 Å². The molecule has 0 aliphatic carbocycles. The lowest BCUT2D eigenvalue weighted by Gasteiger charge is -2.15. The van der Waals surface area contributed by atoms with Gasteiger partial charge in [0.05, 0.1) is 0 Å². The van der Waals surface area contributed by atoms with Gasteiger partial charge < -0.3 is 15.3 Å². The molecular formula is C15H15NO4. The molecule has 0 saturated heterocycles. The van der Waals surface area contributed by atoms with Gasteiger partial charge in [-0.15, -0.1) is 0 Å². The number of hydrogen-bond donors (Lipinski definition) is 4. The van der Waals surface area contributed by atoms with Crippen LogP contribution in [-0.4, -0.2) is 21.3 Å². The predicted octanol–water partition coefficient (Wildman–Crippen LogP) is 2.01. The van der Waals surface area contributed by atoms with E-state index in [1.165, 1.54) is 6.07 Å². The summed E-state index contributed by atoms with van der Waals surface area (Å²) in [6.07, 6.45) is 0. The van der Waals surface area contributed by atoms with Crippen LogP contribution >= 0.6 is 0 Å². The highest BCUT2D eigenvalue weighted by molar-refractivity contribution is 5.75. The molecule has 4 N–H and O–H groups in total. The molecule has 20 heavy (non-hydrogen) atoms. The number of aromatic hydroxyl groups is 2. The number of carboxylic acids is 1. The molecule has 0 saturated carbocycles. The van der Waals surface area contributed by atoms with Crippen molar-refractivity contribution in [1.29, 1.82) is 0 Å². The number of benzene rings is 2. The summed E-state index contributed by atoms with van der Waals surface area (Å²) < 4.78 is 0. The smallest absolute Gasteiger partial charge is 0.325 e. The molecule has 0 fully saturated rings. The van der Waals surface area contributed by atoms with Crippen LogP contribution in [0.5, 0.6) is 11.5 Å². The average Bonchev–Trinajstić information content (AvgIpc) is 2.44. The molecule has 0 aliphatic heterocycles. The first-order valence-corrected chi connectivity index (χ1v) is 6.10. The fraction of sp³-hybridized carbons (Fsp3) is 0.133. The van der Waals surface area contributed by atoms with Crippen molar-refractivity contribution in [3.8, 4) is 11.5 Å². The third-order valence-electron chi connectivity index (χ3n) is 2.97. The van der Waals surface area contributed by atoms with E-state index in [1.54, 1.807) is 36.4 Å². The van der Waals surface area contributed by atoms with Crippen molar-refractivity contribution in [2.75, 3.05) is 0 Å². The number of hydrogen-bond acceptors (Lipinski definition) is 4. The molecule has 0 radical (unpaired) electrons. The summed E-state index contributed by atoms with van der Waals surface area (Å²) in [5.74, 6) is -1.47. The molecule has 0 amide bonds.